The van der Waals surface area contributed by atoms with Crippen LogP contribution in [0.3, 0.4) is 0 Å². The Bertz CT molecular complexity index is 1050. The van der Waals surface area contributed by atoms with Crippen LogP contribution in [0.4, 0.5) is 0 Å². The van der Waals surface area contributed by atoms with Crippen molar-refractivity contribution in [1.29, 1.82) is 0 Å². The minimum Gasteiger partial charge on any atom is -0.493 e. The van der Waals surface area contributed by atoms with Gasteiger partial charge >= 0.3 is 0 Å². The fourth-order valence-electron chi connectivity index (χ4n) is 2.76. The van der Waals surface area contributed by atoms with Gasteiger partial charge in [-0.1, -0.05) is 47.5 Å². The molecule has 0 aliphatic heterocycles. The molecule has 1 amide bonds. The van der Waals surface area contributed by atoms with E-state index in [1.54, 1.807) is 31.3 Å². The van der Waals surface area contributed by atoms with Crippen LogP contribution in [-0.2, 0) is 4.79 Å². The number of rotatable bonds is 7. The molecule has 0 fully saturated rings. The third kappa shape index (κ3) is 5.19. The molecule has 0 spiro atoms. The van der Waals surface area contributed by atoms with Crippen molar-refractivity contribution in [2.24, 2.45) is 5.10 Å². The van der Waals surface area contributed by atoms with Crippen LogP contribution in [0.1, 0.15) is 19.4 Å². The van der Waals surface area contributed by atoms with Crippen molar-refractivity contribution in [3.05, 3.63) is 70.2 Å². The van der Waals surface area contributed by atoms with Crippen LogP contribution in [0.2, 0.25) is 10.0 Å². The second-order valence-electron chi connectivity index (χ2n) is 6.20. The van der Waals surface area contributed by atoms with Crippen molar-refractivity contribution in [3.8, 4) is 11.5 Å². The predicted octanol–water partition coefficient (Wildman–Crippen LogP) is 5.46. The van der Waals surface area contributed by atoms with Gasteiger partial charge in [0.25, 0.3) is 5.91 Å². The van der Waals surface area contributed by atoms with Crippen molar-refractivity contribution in [3.63, 3.8) is 0 Å². The van der Waals surface area contributed by atoms with Crippen molar-refractivity contribution in [1.82, 2.24) is 5.43 Å². The van der Waals surface area contributed by atoms with Crippen molar-refractivity contribution < 1.29 is 14.3 Å². The second-order valence-corrected chi connectivity index (χ2v) is 7.04. The first-order valence-electron chi connectivity index (χ1n) is 9.08. The summed E-state index contributed by atoms with van der Waals surface area (Å²) in [6, 6.07) is 16.5. The van der Waals surface area contributed by atoms with Crippen LogP contribution < -0.4 is 14.9 Å². The third-order valence-corrected chi connectivity index (χ3v) is 4.69. The van der Waals surface area contributed by atoms with E-state index in [0.717, 1.165) is 22.1 Å². The van der Waals surface area contributed by atoms with Crippen molar-refractivity contribution in [2.45, 2.75) is 20.0 Å². The average Bonchev–Trinajstić information content (AvgIpc) is 2.71. The zero-order valence-electron chi connectivity index (χ0n) is 16.0. The van der Waals surface area contributed by atoms with Gasteiger partial charge in [0.1, 0.15) is 11.5 Å². The van der Waals surface area contributed by atoms with Crippen LogP contribution in [0, 0.1) is 0 Å². The predicted molar refractivity (Wildman–Crippen MR) is 117 cm³/mol. The molecule has 0 saturated carbocycles. The topological polar surface area (TPSA) is 59.9 Å². The van der Waals surface area contributed by atoms with Crippen molar-refractivity contribution in [2.75, 3.05) is 6.61 Å². The number of halogens is 2. The number of amides is 1. The van der Waals surface area contributed by atoms with Gasteiger partial charge in [0.05, 0.1) is 17.8 Å². The maximum atomic E-state index is 12.3. The summed E-state index contributed by atoms with van der Waals surface area (Å²) in [7, 11) is 0. The summed E-state index contributed by atoms with van der Waals surface area (Å²) in [5.74, 6) is 0.786. The van der Waals surface area contributed by atoms with Crippen LogP contribution >= 0.6 is 23.2 Å². The zero-order chi connectivity index (χ0) is 20.8. The molecule has 5 nitrogen and oxygen atoms in total. The Hall–Kier alpha value is -2.76. The highest BCUT2D eigenvalue weighted by Crippen LogP contribution is 2.29. The number of hydrogen-bond donors (Lipinski definition) is 1. The molecule has 3 rings (SSSR count). The number of fused-ring (bicyclic) bond motifs is 1. The quantitative estimate of drug-likeness (QED) is 0.399. The summed E-state index contributed by atoms with van der Waals surface area (Å²) in [5, 5.41) is 6.86. The highest BCUT2D eigenvalue weighted by Gasteiger charge is 2.15. The molecule has 0 unspecified atom stereocenters. The van der Waals surface area contributed by atoms with Gasteiger partial charge in [-0.25, -0.2) is 5.43 Å². The Morgan fingerprint density at radius 1 is 1.10 bits per heavy atom. The number of benzene rings is 3. The number of ether oxygens (including phenoxy) is 2. The summed E-state index contributed by atoms with van der Waals surface area (Å²) >= 11 is 11.9. The summed E-state index contributed by atoms with van der Waals surface area (Å²) in [5.41, 5.74) is 3.35. The molecule has 1 atom stereocenters. The number of hydrazone groups is 1. The molecule has 0 bridgehead atoms. The number of carbonyl (C=O) groups is 1. The molecule has 0 saturated heterocycles. The minimum absolute atomic E-state index is 0.335. The van der Waals surface area contributed by atoms with E-state index in [1.165, 1.54) is 0 Å². The Kier molecular flexibility index (Phi) is 6.96. The molecule has 3 aromatic carbocycles. The normalized spacial score (nSPS) is 12.1. The Labute approximate surface area is 179 Å². The van der Waals surface area contributed by atoms with Gasteiger partial charge in [-0.2, -0.15) is 5.10 Å². The smallest absolute Gasteiger partial charge is 0.280 e. The van der Waals surface area contributed by atoms with E-state index in [2.05, 4.69) is 10.5 Å². The lowest BCUT2D eigenvalue weighted by Gasteiger charge is -2.14. The maximum Gasteiger partial charge on any atom is 0.280 e. The molecule has 7 heteroatoms. The van der Waals surface area contributed by atoms with E-state index in [0.29, 0.717) is 22.4 Å². The fourth-order valence-corrected chi connectivity index (χ4v) is 3.21. The minimum atomic E-state index is -0.789. The lowest BCUT2D eigenvalue weighted by Crippen LogP contribution is -2.33. The van der Waals surface area contributed by atoms with E-state index in [1.807, 2.05) is 43.3 Å². The number of nitrogens with zero attached hydrogens (tertiary/aromatic N) is 1. The summed E-state index contributed by atoms with van der Waals surface area (Å²) < 4.78 is 11.3. The Balaban J connectivity index is 1.69. The van der Waals surface area contributed by atoms with Crippen LogP contribution in [0.15, 0.2) is 59.7 Å². The van der Waals surface area contributed by atoms with Gasteiger partial charge in [-0.05, 0) is 49.6 Å². The molecular weight excluding hydrogens is 411 g/mol. The molecule has 0 radical (unpaired) electrons. The monoisotopic (exact) mass is 430 g/mol. The largest absolute Gasteiger partial charge is 0.493 e. The lowest BCUT2D eigenvalue weighted by molar-refractivity contribution is -0.127. The molecule has 0 heterocycles. The zero-order valence-corrected chi connectivity index (χ0v) is 17.5. The Morgan fingerprint density at radius 2 is 1.83 bits per heavy atom. The van der Waals surface area contributed by atoms with E-state index in [9.17, 15) is 4.79 Å². The van der Waals surface area contributed by atoms with Crippen LogP contribution in [0.5, 0.6) is 11.5 Å². The average molecular weight is 431 g/mol. The SMILES string of the molecule is CCOc1ccc(C=NNC(=O)[C@@H](C)Oc2ccc(Cl)cc2Cl)c2ccccc12. The standard InChI is InChI=1S/C22H20Cl2N2O3/c1-3-28-20-10-8-15(17-6-4-5-7-18(17)20)13-25-26-22(27)14(2)29-21-11-9-16(23)12-19(21)24/h4-14H,3H2,1-2H3,(H,26,27)/t14-/m1/s1. The molecule has 0 aliphatic rings. The first-order chi connectivity index (χ1) is 14.0. The third-order valence-electron chi connectivity index (χ3n) is 4.16. The first-order valence-corrected chi connectivity index (χ1v) is 9.84. The molecular formula is C22H20Cl2N2O3. The second kappa shape index (κ2) is 9.63. The number of nitrogens with one attached hydrogen (secondary N) is 1. The van der Waals surface area contributed by atoms with Crippen molar-refractivity contribution >= 4 is 46.1 Å². The first kappa shape index (κ1) is 21.0. The van der Waals surface area contributed by atoms with E-state index in [4.69, 9.17) is 32.7 Å². The molecule has 29 heavy (non-hydrogen) atoms. The highest BCUT2D eigenvalue weighted by molar-refractivity contribution is 6.35. The van der Waals surface area contributed by atoms with Crippen LogP contribution in [0.25, 0.3) is 10.8 Å². The molecule has 3 aromatic rings. The maximum absolute atomic E-state index is 12.3. The van der Waals surface area contributed by atoms with E-state index < -0.39 is 12.0 Å². The molecule has 1 N–H and O–H groups in total. The molecule has 0 aliphatic carbocycles. The number of hydrogen-bond acceptors (Lipinski definition) is 4. The fraction of sp³-hybridized carbons (Fsp3) is 0.182. The van der Waals surface area contributed by atoms with E-state index >= 15 is 0 Å². The van der Waals surface area contributed by atoms with Gasteiger partial charge in [-0.15, -0.1) is 0 Å². The van der Waals surface area contributed by atoms with E-state index in [-0.39, 0.29) is 0 Å². The Morgan fingerprint density at radius 3 is 2.55 bits per heavy atom. The van der Waals surface area contributed by atoms with Gasteiger partial charge in [0.15, 0.2) is 6.10 Å². The van der Waals surface area contributed by atoms with Gasteiger partial charge < -0.3 is 9.47 Å². The van der Waals surface area contributed by atoms with Crippen LogP contribution in [-0.4, -0.2) is 24.8 Å². The van der Waals surface area contributed by atoms with Gasteiger partial charge in [0.2, 0.25) is 0 Å². The molecule has 150 valence electrons. The highest BCUT2D eigenvalue weighted by atomic mass is 35.5. The molecule has 0 aromatic heterocycles. The lowest BCUT2D eigenvalue weighted by atomic mass is 10.0. The summed E-state index contributed by atoms with van der Waals surface area (Å²) in [6.45, 7) is 4.14. The van der Waals surface area contributed by atoms with Gasteiger partial charge in [-0.3, -0.25) is 4.79 Å². The summed E-state index contributed by atoms with van der Waals surface area (Å²) in [4.78, 5) is 12.3. The number of carbonyl (C=O) groups excluding carboxylic acids is 1. The van der Waals surface area contributed by atoms with Gasteiger partial charge in [0, 0.05) is 16.0 Å². The summed E-state index contributed by atoms with van der Waals surface area (Å²) in [6.07, 6.45) is 0.806.